The number of nitrogens with one attached hydrogen (secondary N) is 2. The van der Waals surface area contributed by atoms with Crippen molar-refractivity contribution in [1.29, 1.82) is 0 Å². The molecule has 2 rings (SSSR count). The second-order valence-corrected chi connectivity index (χ2v) is 6.97. The van der Waals surface area contributed by atoms with Crippen LogP contribution in [0.5, 0.6) is 0 Å². The first kappa shape index (κ1) is 15.2. The number of fused-ring (bicyclic) bond motifs is 1. The van der Waals surface area contributed by atoms with Gasteiger partial charge in [-0.1, -0.05) is 6.92 Å². The summed E-state index contributed by atoms with van der Waals surface area (Å²) in [6.45, 7) is 3.75. The number of anilines is 2. The van der Waals surface area contributed by atoms with Crippen LogP contribution in [-0.4, -0.2) is 39.3 Å². The molecule has 0 bridgehead atoms. The van der Waals surface area contributed by atoms with E-state index >= 15 is 0 Å². The SMILES string of the molecule is CCCNc1nc(NCCCS(C)=O)c2ccsc2n1. The van der Waals surface area contributed by atoms with Crippen LogP contribution in [0.25, 0.3) is 10.2 Å². The largest absolute Gasteiger partial charge is 0.369 e. The molecule has 2 N–H and O–H groups in total. The summed E-state index contributed by atoms with van der Waals surface area (Å²) in [7, 11) is -0.735. The van der Waals surface area contributed by atoms with Gasteiger partial charge in [0.05, 0.1) is 5.39 Å². The predicted octanol–water partition coefficient (Wildman–Crippen LogP) is 2.69. The molecular formula is C13H20N4OS2. The van der Waals surface area contributed by atoms with Crippen LogP contribution in [0.15, 0.2) is 11.4 Å². The molecule has 2 aromatic heterocycles. The summed E-state index contributed by atoms with van der Waals surface area (Å²) in [6, 6.07) is 2.03. The van der Waals surface area contributed by atoms with E-state index in [-0.39, 0.29) is 0 Å². The minimum absolute atomic E-state index is 0.670. The zero-order valence-corrected chi connectivity index (χ0v) is 13.4. The Bertz CT molecular complexity index is 585. The van der Waals surface area contributed by atoms with Crippen LogP contribution in [-0.2, 0) is 10.8 Å². The Morgan fingerprint density at radius 1 is 1.30 bits per heavy atom. The fourth-order valence-electron chi connectivity index (χ4n) is 1.79. The van der Waals surface area contributed by atoms with Gasteiger partial charge >= 0.3 is 0 Å². The van der Waals surface area contributed by atoms with E-state index in [1.807, 2.05) is 11.4 Å². The zero-order chi connectivity index (χ0) is 14.4. The third kappa shape index (κ3) is 4.14. The highest BCUT2D eigenvalue weighted by Crippen LogP contribution is 2.26. The van der Waals surface area contributed by atoms with Gasteiger partial charge in [-0.25, -0.2) is 4.98 Å². The molecule has 2 heterocycles. The van der Waals surface area contributed by atoms with E-state index in [4.69, 9.17) is 0 Å². The molecule has 20 heavy (non-hydrogen) atoms. The van der Waals surface area contributed by atoms with E-state index in [2.05, 4.69) is 27.5 Å². The molecule has 0 amide bonds. The molecule has 0 spiro atoms. The fraction of sp³-hybridized carbons (Fsp3) is 0.538. The van der Waals surface area contributed by atoms with Crippen LogP contribution in [0.1, 0.15) is 19.8 Å². The molecule has 1 atom stereocenters. The molecule has 0 radical (unpaired) electrons. The standard InChI is InChI=1S/C13H20N4OS2/c1-3-6-15-13-16-11(14-7-4-9-20(2)18)10-5-8-19-12(10)17-13/h5,8H,3-4,6-7,9H2,1-2H3,(H2,14,15,16,17). The number of thiophene rings is 1. The molecule has 1 unspecified atom stereocenters. The quantitative estimate of drug-likeness (QED) is 0.734. The third-order valence-electron chi connectivity index (χ3n) is 2.76. The maximum absolute atomic E-state index is 11.0. The monoisotopic (exact) mass is 312 g/mol. The van der Waals surface area contributed by atoms with Crippen LogP contribution in [0.3, 0.4) is 0 Å². The first-order chi connectivity index (χ1) is 9.70. The summed E-state index contributed by atoms with van der Waals surface area (Å²) in [5.74, 6) is 2.24. The summed E-state index contributed by atoms with van der Waals surface area (Å²) >= 11 is 1.61. The van der Waals surface area contributed by atoms with Gasteiger partial charge in [-0.15, -0.1) is 11.3 Å². The normalized spacial score (nSPS) is 12.5. The maximum atomic E-state index is 11.0. The molecule has 0 saturated carbocycles. The number of nitrogens with zero attached hydrogens (tertiary/aromatic N) is 2. The second-order valence-electron chi connectivity index (χ2n) is 4.52. The maximum Gasteiger partial charge on any atom is 0.226 e. The lowest BCUT2D eigenvalue weighted by Crippen LogP contribution is -2.10. The molecule has 0 fully saturated rings. The Balaban J connectivity index is 2.08. The average Bonchev–Trinajstić information content (AvgIpc) is 2.89. The molecule has 0 aliphatic heterocycles. The van der Waals surface area contributed by atoms with Crippen LogP contribution in [0.4, 0.5) is 11.8 Å². The van der Waals surface area contributed by atoms with Crippen molar-refractivity contribution in [1.82, 2.24) is 9.97 Å². The number of aromatic nitrogens is 2. The third-order valence-corrected chi connectivity index (χ3v) is 4.43. The lowest BCUT2D eigenvalue weighted by molar-refractivity contribution is 0.685. The van der Waals surface area contributed by atoms with Crippen molar-refractivity contribution in [3.8, 4) is 0 Å². The highest BCUT2D eigenvalue weighted by Gasteiger charge is 2.08. The lowest BCUT2D eigenvalue weighted by atomic mass is 10.3. The van der Waals surface area contributed by atoms with Gasteiger partial charge in [-0.3, -0.25) is 4.21 Å². The summed E-state index contributed by atoms with van der Waals surface area (Å²) < 4.78 is 11.0. The smallest absolute Gasteiger partial charge is 0.226 e. The van der Waals surface area contributed by atoms with E-state index < -0.39 is 10.8 Å². The Hall–Kier alpha value is -1.21. The number of hydrogen-bond acceptors (Lipinski definition) is 6. The van der Waals surface area contributed by atoms with Gasteiger partial charge in [0.15, 0.2) is 0 Å². The summed E-state index contributed by atoms with van der Waals surface area (Å²) in [4.78, 5) is 10.0. The van der Waals surface area contributed by atoms with Crippen molar-refractivity contribution >= 4 is 44.1 Å². The van der Waals surface area contributed by atoms with Crippen molar-refractivity contribution in [3.05, 3.63) is 11.4 Å². The van der Waals surface area contributed by atoms with Crippen LogP contribution in [0, 0.1) is 0 Å². The van der Waals surface area contributed by atoms with Gasteiger partial charge in [-0.05, 0) is 24.3 Å². The molecule has 7 heteroatoms. The van der Waals surface area contributed by atoms with Crippen molar-refractivity contribution in [2.75, 3.05) is 35.7 Å². The van der Waals surface area contributed by atoms with Gasteiger partial charge in [0.2, 0.25) is 5.95 Å². The van der Waals surface area contributed by atoms with Crippen molar-refractivity contribution in [2.45, 2.75) is 19.8 Å². The molecule has 0 aliphatic carbocycles. The Labute approximate surface area is 125 Å². The second kappa shape index (κ2) is 7.54. The number of hydrogen-bond donors (Lipinski definition) is 2. The topological polar surface area (TPSA) is 66.9 Å². The Morgan fingerprint density at radius 2 is 2.15 bits per heavy atom. The van der Waals surface area contributed by atoms with E-state index in [9.17, 15) is 4.21 Å². The molecular weight excluding hydrogens is 292 g/mol. The molecule has 5 nitrogen and oxygen atoms in total. The minimum Gasteiger partial charge on any atom is -0.369 e. The average molecular weight is 312 g/mol. The molecule has 110 valence electrons. The van der Waals surface area contributed by atoms with Gasteiger partial charge in [-0.2, -0.15) is 4.98 Å². The van der Waals surface area contributed by atoms with Crippen LogP contribution >= 0.6 is 11.3 Å². The number of rotatable bonds is 8. The van der Waals surface area contributed by atoms with Crippen molar-refractivity contribution in [3.63, 3.8) is 0 Å². The van der Waals surface area contributed by atoms with E-state index in [1.54, 1.807) is 17.6 Å². The predicted molar refractivity (Wildman–Crippen MR) is 88.2 cm³/mol. The molecule has 0 aromatic carbocycles. The van der Waals surface area contributed by atoms with Crippen LogP contribution < -0.4 is 10.6 Å². The molecule has 0 saturated heterocycles. The summed E-state index contributed by atoms with van der Waals surface area (Å²) in [5, 5.41) is 9.62. The molecule has 0 aliphatic rings. The van der Waals surface area contributed by atoms with E-state index in [1.165, 1.54) is 0 Å². The zero-order valence-electron chi connectivity index (χ0n) is 11.8. The van der Waals surface area contributed by atoms with Crippen molar-refractivity contribution < 1.29 is 4.21 Å². The minimum atomic E-state index is -0.735. The summed E-state index contributed by atoms with van der Waals surface area (Å²) in [6.07, 6.45) is 3.64. The van der Waals surface area contributed by atoms with Gasteiger partial charge in [0.1, 0.15) is 10.6 Å². The Morgan fingerprint density at radius 3 is 2.90 bits per heavy atom. The van der Waals surface area contributed by atoms with Crippen LogP contribution in [0.2, 0.25) is 0 Å². The lowest BCUT2D eigenvalue weighted by Gasteiger charge is -2.09. The van der Waals surface area contributed by atoms with Gasteiger partial charge in [0, 0.05) is 35.9 Å². The van der Waals surface area contributed by atoms with Crippen molar-refractivity contribution in [2.24, 2.45) is 0 Å². The Kier molecular flexibility index (Phi) is 5.72. The fourth-order valence-corrected chi connectivity index (χ4v) is 3.10. The van der Waals surface area contributed by atoms with E-state index in [0.29, 0.717) is 11.7 Å². The van der Waals surface area contributed by atoms with Gasteiger partial charge < -0.3 is 10.6 Å². The highest BCUT2D eigenvalue weighted by molar-refractivity contribution is 7.84. The first-order valence-corrected chi connectivity index (χ1v) is 9.34. The van der Waals surface area contributed by atoms with Gasteiger partial charge in [0.25, 0.3) is 0 Å². The van der Waals surface area contributed by atoms with E-state index in [0.717, 1.165) is 42.0 Å². The first-order valence-electron chi connectivity index (χ1n) is 6.73. The highest BCUT2D eigenvalue weighted by atomic mass is 32.2. The summed E-state index contributed by atoms with van der Waals surface area (Å²) in [5.41, 5.74) is 0. The molecule has 2 aromatic rings.